The van der Waals surface area contributed by atoms with Crippen LogP contribution in [0.4, 0.5) is 0 Å². The summed E-state index contributed by atoms with van der Waals surface area (Å²) in [5.74, 6) is -0.671. The molecule has 0 aromatic heterocycles. The van der Waals surface area contributed by atoms with Crippen molar-refractivity contribution in [1.82, 2.24) is 0 Å². The van der Waals surface area contributed by atoms with Crippen molar-refractivity contribution in [3.8, 4) is 5.75 Å². The van der Waals surface area contributed by atoms with Crippen LogP contribution in [0.5, 0.6) is 5.75 Å². The maximum atomic E-state index is 10.5. The molecule has 0 saturated heterocycles. The Hall–Kier alpha value is 0.0621. The number of halogens is 1. The number of hydrogen-bond acceptors (Lipinski definition) is 5. The van der Waals surface area contributed by atoms with Crippen LogP contribution in [0, 0.1) is 11.8 Å². The summed E-state index contributed by atoms with van der Waals surface area (Å²) in [6.45, 7) is 0.0519. The summed E-state index contributed by atoms with van der Waals surface area (Å²) in [6, 6.07) is 6.90. The van der Waals surface area contributed by atoms with E-state index in [1.165, 1.54) is 0 Å². The first-order valence-corrected chi connectivity index (χ1v) is 10.2. The number of aliphatic carboxylic acids is 1. The van der Waals surface area contributed by atoms with Crippen LogP contribution in [0.1, 0.15) is 32.1 Å². The number of allylic oxidation sites excluding steroid dienone is 2. The molecule has 9 heteroatoms. The SMILES string of the molecule is O=C(O)CCC/C=C\C[C@@H]1[C@@H](/C=C/[C@@H](O)COc2cccc(Cl)c2)[C@H](O)C[C@@H]1O.[NaH].[PbH2]. The van der Waals surface area contributed by atoms with Gasteiger partial charge in [0.05, 0.1) is 12.2 Å². The van der Waals surface area contributed by atoms with Crippen LogP contribution in [-0.4, -0.2) is 108 Å². The number of unbranched alkanes of at least 4 members (excludes halogenated alkanes) is 1. The number of carbonyl (C=O) groups is 1. The van der Waals surface area contributed by atoms with Crippen molar-refractivity contribution in [1.29, 1.82) is 0 Å². The molecule has 0 heterocycles. The molecule has 4 N–H and O–H groups in total. The minimum atomic E-state index is -0.855. The number of ether oxygens (including phenoxy) is 1. The summed E-state index contributed by atoms with van der Waals surface area (Å²) < 4.78 is 5.51. The average molecular weight is 658 g/mol. The minimum absolute atomic E-state index is 0. The quantitative estimate of drug-likeness (QED) is 0.164. The second-order valence-corrected chi connectivity index (χ2v) is 7.76. The van der Waals surface area contributed by atoms with E-state index in [9.17, 15) is 20.1 Å². The second-order valence-electron chi connectivity index (χ2n) is 7.33. The van der Waals surface area contributed by atoms with Gasteiger partial charge >= 0.3 is 62.8 Å². The average Bonchev–Trinajstić information content (AvgIpc) is 2.93. The Bertz CT molecular complexity index is 717. The molecule has 5 atom stereocenters. The Morgan fingerprint density at radius 2 is 2.00 bits per heavy atom. The molecule has 0 spiro atoms. The van der Waals surface area contributed by atoms with Gasteiger partial charge in [0.2, 0.25) is 0 Å². The normalized spacial score (nSPS) is 24.0. The Kier molecular flexibility index (Phi) is 16.7. The predicted molar refractivity (Wildman–Crippen MR) is 127 cm³/mol. The van der Waals surface area contributed by atoms with Crippen molar-refractivity contribution in [3.05, 3.63) is 53.6 Å². The summed E-state index contributed by atoms with van der Waals surface area (Å²) in [7, 11) is 0. The number of carboxylic acid groups (broad SMARTS) is 1. The number of carboxylic acids is 1. The van der Waals surface area contributed by atoms with Gasteiger partial charge in [0.25, 0.3) is 0 Å². The van der Waals surface area contributed by atoms with Crippen LogP contribution in [0.3, 0.4) is 0 Å². The molecule has 1 aromatic rings. The van der Waals surface area contributed by atoms with Crippen LogP contribution in [-0.2, 0) is 4.79 Å². The predicted octanol–water partition coefficient (Wildman–Crippen LogP) is 1.63. The Balaban J connectivity index is 0.00000450. The monoisotopic (exact) mass is 658 g/mol. The molecule has 0 aliphatic heterocycles. The van der Waals surface area contributed by atoms with Gasteiger partial charge < -0.3 is 25.2 Å². The van der Waals surface area contributed by atoms with Crippen molar-refractivity contribution in [2.45, 2.75) is 50.4 Å². The third-order valence-electron chi connectivity index (χ3n) is 5.02. The number of aliphatic hydroxyl groups excluding tert-OH is 3. The molecular formula is C22H32ClNaO6Pb. The maximum absolute atomic E-state index is 10.5. The molecular weight excluding hydrogens is 626 g/mol. The molecule has 2 radical (unpaired) electrons. The zero-order valence-corrected chi connectivity index (χ0v) is 23.2. The molecule has 1 saturated carbocycles. The van der Waals surface area contributed by atoms with Gasteiger partial charge in [-0.1, -0.05) is 42.0 Å². The molecule has 168 valence electrons. The number of rotatable bonds is 11. The fourth-order valence-corrected chi connectivity index (χ4v) is 3.68. The van der Waals surface area contributed by atoms with E-state index < -0.39 is 24.3 Å². The third kappa shape index (κ3) is 11.7. The molecule has 31 heavy (non-hydrogen) atoms. The first-order chi connectivity index (χ1) is 13.9. The van der Waals surface area contributed by atoms with E-state index in [-0.39, 0.29) is 81.7 Å². The Morgan fingerprint density at radius 3 is 2.68 bits per heavy atom. The van der Waals surface area contributed by atoms with Gasteiger partial charge in [0.1, 0.15) is 18.5 Å². The van der Waals surface area contributed by atoms with Crippen molar-refractivity contribution in [2.24, 2.45) is 11.8 Å². The van der Waals surface area contributed by atoms with E-state index in [0.717, 1.165) is 0 Å². The van der Waals surface area contributed by atoms with Gasteiger partial charge in [-0.2, -0.15) is 0 Å². The fourth-order valence-electron chi connectivity index (χ4n) is 3.50. The second kappa shape index (κ2) is 16.6. The summed E-state index contributed by atoms with van der Waals surface area (Å²) in [4.78, 5) is 10.5. The van der Waals surface area contributed by atoms with Crippen molar-refractivity contribution in [2.75, 3.05) is 6.61 Å². The number of aliphatic hydroxyl groups is 3. The molecule has 1 aliphatic carbocycles. The molecule has 0 bridgehead atoms. The van der Waals surface area contributed by atoms with Crippen LogP contribution in [0.2, 0.25) is 5.02 Å². The third-order valence-corrected chi connectivity index (χ3v) is 5.26. The van der Waals surface area contributed by atoms with Crippen LogP contribution in [0.15, 0.2) is 48.6 Å². The van der Waals surface area contributed by atoms with Crippen molar-refractivity contribution < 1.29 is 30.0 Å². The van der Waals surface area contributed by atoms with E-state index in [1.54, 1.807) is 36.4 Å². The summed E-state index contributed by atoms with van der Waals surface area (Å²) in [5.41, 5.74) is 0. The van der Waals surface area contributed by atoms with Gasteiger partial charge in [-0.3, -0.25) is 4.79 Å². The van der Waals surface area contributed by atoms with Crippen molar-refractivity contribution >= 4 is 74.4 Å². The standard InChI is InChI=1S/C22H29ClO6.Na.Pb.3H/c23-15-6-5-7-17(12-15)29-14-16(24)10-11-19-18(20(25)13-21(19)26)8-3-1-2-4-9-22(27)28;;;;;/h1,3,5-7,10-12,16,18-21,24-26H,2,4,8-9,13-14H2,(H,27,28);;;;;/b3-1-,11-10+;;;;;/t16-,18-,19-,20+,21-;;;;;/m1...../s1. The van der Waals surface area contributed by atoms with E-state index >= 15 is 0 Å². The zero-order chi connectivity index (χ0) is 21.2. The first-order valence-electron chi connectivity index (χ1n) is 9.84. The molecule has 2 rings (SSSR count). The Labute approximate surface area is 230 Å². The fraction of sp³-hybridized carbons (Fsp3) is 0.500. The summed E-state index contributed by atoms with van der Waals surface area (Å²) >= 11 is 5.90. The van der Waals surface area contributed by atoms with Crippen LogP contribution < -0.4 is 4.74 Å². The summed E-state index contributed by atoms with van der Waals surface area (Å²) in [5, 5.41) is 39.8. The molecule has 1 aromatic carbocycles. The molecule has 1 fully saturated rings. The molecule has 1 aliphatic rings. The van der Waals surface area contributed by atoms with Crippen LogP contribution >= 0.6 is 11.6 Å². The molecule has 6 nitrogen and oxygen atoms in total. The van der Waals surface area contributed by atoms with E-state index in [2.05, 4.69) is 0 Å². The van der Waals surface area contributed by atoms with Gasteiger partial charge in [0.15, 0.2) is 0 Å². The van der Waals surface area contributed by atoms with E-state index in [1.807, 2.05) is 12.2 Å². The van der Waals surface area contributed by atoms with E-state index in [4.69, 9.17) is 21.4 Å². The van der Waals surface area contributed by atoms with Gasteiger partial charge in [-0.15, -0.1) is 0 Å². The van der Waals surface area contributed by atoms with Gasteiger partial charge in [-0.25, -0.2) is 0 Å². The van der Waals surface area contributed by atoms with Crippen LogP contribution in [0.25, 0.3) is 0 Å². The van der Waals surface area contributed by atoms with E-state index in [0.29, 0.717) is 36.5 Å². The first kappa shape index (κ1) is 31.1. The number of hydrogen-bond donors (Lipinski definition) is 4. The van der Waals surface area contributed by atoms with Gasteiger partial charge in [-0.05, 0) is 43.4 Å². The zero-order valence-electron chi connectivity index (χ0n) is 16.9. The number of benzene rings is 1. The van der Waals surface area contributed by atoms with Gasteiger partial charge in [0, 0.05) is 23.8 Å². The summed E-state index contributed by atoms with van der Waals surface area (Å²) in [6.07, 6.45) is 7.26. The topological polar surface area (TPSA) is 107 Å². The Morgan fingerprint density at radius 1 is 1.26 bits per heavy atom. The molecule has 0 unspecified atom stereocenters. The molecule has 0 amide bonds. The van der Waals surface area contributed by atoms with Crippen molar-refractivity contribution in [3.63, 3.8) is 0 Å².